The third kappa shape index (κ3) is 5.79. The van der Waals surface area contributed by atoms with Crippen LogP contribution in [0.25, 0.3) is 0 Å². The van der Waals surface area contributed by atoms with Gasteiger partial charge in [0.05, 0.1) is 12.1 Å². The van der Waals surface area contributed by atoms with Crippen molar-refractivity contribution in [1.29, 1.82) is 0 Å². The predicted molar refractivity (Wildman–Crippen MR) is 140 cm³/mol. The van der Waals surface area contributed by atoms with Crippen LogP contribution < -0.4 is 15.5 Å². The molecule has 2 atom stereocenters. The summed E-state index contributed by atoms with van der Waals surface area (Å²) in [5.74, 6) is 1.19. The van der Waals surface area contributed by atoms with Gasteiger partial charge in [-0.25, -0.2) is 18.2 Å². The van der Waals surface area contributed by atoms with E-state index in [1.807, 2.05) is 31.2 Å². The van der Waals surface area contributed by atoms with E-state index in [4.69, 9.17) is 4.74 Å². The molecule has 2 saturated heterocycles. The number of amides is 1. The summed E-state index contributed by atoms with van der Waals surface area (Å²) in [4.78, 5) is 22.8. The van der Waals surface area contributed by atoms with Gasteiger partial charge in [-0.3, -0.25) is 4.90 Å². The molecule has 2 N–H and O–H groups in total. The summed E-state index contributed by atoms with van der Waals surface area (Å²) in [7, 11) is -3.35. The first-order valence-electron chi connectivity index (χ1n) is 12.2. The Morgan fingerprint density at radius 2 is 1.83 bits per heavy atom. The van der Waals surface area contributed by atoms with E-state index in [0.717, 1.165) is 29.5 Å². The zero-order valence-electron chi connectivity index (χ0n) is 20.9. The molecule has 36 heavy (non-hydrogen) atoms. The van der Waals surface area contributed by atoms with E-state index in [-0.39, 0.29) is 30.1 Å². The highest BCUT2D eigenvalue weighted by Crippen LogP contribution is 2.27. The molecule has 0 aliphatic carbocycles. The molecule has 0 saturated carbocycles. The van der Waals surface area contributed by atoms with Gasteiger partial charge >= 0.3 is 6.09 Å². The number of nitrogens with zero attached hydrogens (tertiary/aromatic N) is 4. The zero-order chi connectivity index (χ0) is 25.9. The van der Waals surface area contributed by atoms with Gasteiger partial charge in [0, 0.05) is 36.4 Å². The topological polar surface area (TPSA) is 117 Å². The van der Waals surface area contributed by atoms with Crippen LogP contribution in [0.2, 0.25) is 0 Å². The molecular weight excluding hydrogens is 480 g/mol. The Balaban J connectivity index is 1.35. The Labute approximate surface area is 212 Å². The number of benzene rings is 1. The van der Waals surface area contributed by atoms with Crippen molar-refractivity contribution < 1.29 is 17.9 Å². The van der Waals surface area contributed by atoms with Gasteiger partial charge < -0.3 is 15.4 Å². The highest BCUT2D eigenvalue weighted by molar-refractivity contribution is 7.92. The number of ether oxygens (including phenoxy) is 1. The normalized spacial score (nSPS) is 20.3. The van der Waals surface area contributed by atoms with Crippen molar-refractivity contribution in [2.45, 2.75) is 51.7 Å². The summed E-state index contributed by atoms with van der Waals surface area (Å²) in [6.07, 6.45) is 2.73. The fraction of sp³-hybridized carbons (Fsp3) is 0.480. The summed E-state index contributed by atoms with van der Waals surface area (Å²) in [6, 6.07) is 9.92. The van der Waals surface area contributed by atoms with E-state index in [9.17, 15) is 13.2 Å². The fourth-order valence-electron chi connectivity index (χ4n) is 4.48. The first-order chi connectivity index (χ1) is 17.2. The van der Waals surface area contributed by atoms with Crippen LogP contribution in [0.1, 0.15) is 45.2 Å². The molecule has 1 aromatic carbocycles. The molecule has 1 aromatic heterocycles. The summed E-state index contributed by atoms with van der Waals surface area (Å²) < 4.78 is 30.6. The molecule has 2 fully saturated rings. The number of cyclic esters (lactones) is 1. The van der Waals surface area contributed by atoms with Gasteiger partial charge in [0.1, 0.15) is 12.4 Å². The van der Waals surface area contributed by atoms with Crippen LogP contribution in [0.15, 0.2) is 48.5 Å². The molecule has 194 valence electrons. The maximum atomic E-state index is 12.3. The highest BCUT2D eigenvalue weighted by atomic mass is 32.2. The molecule has 11 heteroatoms. The number of sulfonamides is 1. The lowest BCUT2D eigenvalue weighted by atomic mass is 10.0. The highest BCUT2D eigenvalue weighted by Gasteiger charge is 2.37. The summed E-state index contributed by atoms with van der Waals surface area (Å²) >= 11 is 0. The minimum atomic E-state index is -3.35. The SMILES string of the molecule is C=CS(=O)(=O)N1CCC(Nc2ccc([C@H](C)Nc3nccc(N4C(=O)OC[C@@H]4C(C)C)n3)cc2)CC1. The number of piperidine rings is 1. The first kappa shape index (κ1) is 25.9. The number of anilines is 3. The zero-order valence-corrected chi connectivity index (χ0v) is 21.7. The molecule has 4 rings (SSSR count). The molecule has 0 radical (unpaired) electrons. The lowest BCUT2D eigenvalue weighted by Crippen LogP contribution is -2.41. The van der Waals surface area contributed by atoms with Crippen molar-refractivity contribution >= 4 is 33.6 Å². The van der Waals surface area contributed by atoms with Gasteiger partial charge in [-0.1, -0.05) is 32.6 Å². The Hall–Kier alpha value is -3.18. The van der Waals surface area contributed by atoms with Crippen molar-refractivity contribution in [2.75, 3.05) is 35.2 Å². The number of rotatable bonds is 9. The minimum Gasteiger partial charge on any atom is -0.447 e. The molecule has 10 nitrogen and oxygen atoms in total. The van der Waals surface area contributed by atoms with Crippen molar-refractivity contribution in [3.05, 3.63) is 54.1 Å². The van der Waals surface area contributed by atoms with Gasteiger partial charge in [-0.2, -0.15) is 9.29 Å². The number of hydrogen-bond donors (Lipinski definition) is 2. The average Bonchev–Trinajstić information content (AvgIpc) is 3.26. The molecule has 0 spiro atoms. The Morgan fingerprint density at radius 3 is 2.47 bits per heavy atom. The molecule has 2 aliphatic rings. The van der Waals surface area contributed by atoms with Crippen LogP contribution in [-0.2, 0) is 14.8 Å². The smallest absolute Gasteiger partial charge is 0.415 e. The maximum absolute atomic E-state index is 12.3. The first-order valence-corrected chi connectivity index (χ1v) is 13.7. The molecule has 3 heterocycles. The van der Waals surface area contributed by atoms with Crippen LogP contribution in [-0.4, -0.2) is 60.6 Å². The average molecular weight is 515 g/mol. The Bertz CT molecular complexity index is 1180. The second-order valence-corrected chi connectivity index (χ2v) is 11.4. The maximum Gasteiger partial charge on any atom is 0.415 e. The second kappa shape index (κ2) is 10.8. The third-order valence-electron chi connectivity index (χ3n) is 6.71. The van der Waals surface area contributed by atoms with Crippen molar-refractivity contribution in [3.63, 3.8) is 0 Å². The molecule has 0 bridgehead atoms. The number of hydrogen-bond acceptors (Lipinski definition) is 8. The van der Waals surface area contributed by atoms with E-state index in [1.54, 1.807) is 17.2 Å². The van der Waals surface area contributed by atoms with Crippen molar-refractivity contribution in [3.8, 4) is 0 Å². The van der Waals surface area contributed by atoms with E-state index >= 15 is 0 Å². The van der Waals surface area contributed by atoms with E-state index in [2.05, 4.69) is 41.0 Å². The van der Waals surface area contributed by atoms with Gasteiger partial charge in [0.25, 0.3) is 0 Å². The number of carbonyl (C=O) groups is 1. The standard InChI is InChI=1S/C25H34N6O4S/c1-5-36(33,34)30-14-11-21(12-15-30)28-20-8-6-19(7-9-20)18(4)27-24-26-13-10-23(29-24)31-22(17(2)3)16-35-25(31)32/h5-10,13,17-18,21-22,28H,1,11-12,14-16H2,2-4H3,(H,26,27,29)/t18-,22+/m0/s1. The summed E-state index contributed by atoms with van der Waals surface area (Å²) in [5, 5.41) is 7.83. The Morgan fingerprint density at radius 1 is 1.14 bits per heavy atom. The molecular formula is C25H34N6O4S. The predicted octanol–water partition coefficient (Wildman–Crippen LogP) is 3.98. The molecule has 2 aromatic rings. The second-order valence-electron chi connectivity index (χ2n) is 9.51. The number of carbonyl (C=O) groups excluding carboxylic acids is 1. The third-order valence-corrected chi connectivity index (χ3v) is 8.22. The monoisotopic (exact) mass is 514 g/mol. The van der Waals surface area contributed by atoms with Crippen LogP contribution in [0.5, 0.6) is 0 Å². The van der Waals surface area contributed by atoms with E-state index < -0.39 is 10.0 Å². The number of aromatic nitrogens is 2. The fourth-order valence-corrected chi connectivity index (χ4v) is 5.41. The quantitative estimate of drug-likeness (QED) is 0.516. The summed E-state index contributed by atoms with van der Waals surface area (Å²) in [6.45, 7) is 10.8. The molecule has 0 unspecified atom stereocenters. The lowest BCUT2D eigenvalue weighted by molar-refractivity contribution is 0.177. The van der Waals surface area contributed by atoms with Gasteiger partial charge in [0.2, 0.25) is 16.0 Å². The van der Waals surface area contributed by atoms with Crippen LogP contribution in [0.3, 0.4) is 0 Å². The van der Waals surface area contributed by atoms with E-state index in [1.165, 1.54) is 4.31 Å². The Kier molecular flexibility index (Phi) is 7.79. The van der Waals surface area contributed by atoms with E-state index in [0.29, 0.717) is 31.5 Å². The van der Waals surface area contributed by atoms with Crippen LogP contribution in [0.4, 0.5) is 22.2 Å². The van der Waals surface area contributed by atoms with Crippen molar-refractivity contribution in [2.24, 2.45) is 5.92 Å². The molecule has 2 aliphatic heterocycles. The van der Waals surface area contributed by atoms with Crippen molar-refractivity contribution in [1.82, 2.24) is 14.3 Å². The largest absolute Gasteiger partial charge is 0.447 e. The minimum absolute atomic E-state index is 0.0589. The number of nitrogens with one attached hydrogen (secondary N) is 2. The van der Waals surface area contributed by atoms with Crippen LogP contribution >= 0.6 is 0 Å². The lowest BCUT2D eigenvalue weighted by Gasteiger charge is -2.31. The summed E-state index contributed by atoms with van der Waals surface area (Å²) in [5.41, 5.74) is 2.04. The van der Waals surface area contributed by atoms with Gasteiger partial charge in [-0.05, 0) is 49.4 Å². The van der Waals surface area contributed by atoms with Gasteiger partial charge in [-0.15, -0.1) is 0 Å². The van der Waals surface area contributed by atoms with Crippen LogP contribution in [0, 0.1) is 5.92 Å². The molecule has 1 amide bonds. The van der Waals surface area contributed by atoms with Gasteiger partial charge in [0.15, 0.2) is 0 Å².